The van der Waals surface area contributed by atoms with Crippen molar-refractivity contribution >= 4 is 27.5 Å². The number of hydrogen-bond donors (Lipinski definition) is 0. The first-order valence-electron chi connectivity index (χ1n) is 6.95. The Kier molecular flexibility index (Phi) is 4.81. The molecule has 0 amide bonds. The zero-order chi connectivity index (χ0) is 15.4. The number of hydrogen-bond acceptors (Lipinski definition) is 1. The average Bonchev–Trinajstić information content (AvgIpc) is 2.54. The summed E-state index contributed by atoms with van der Waals surface area (Å²) >= 11 is 9.80. The fourth-order valence-electron chi connectivity index (χ4n) is 2.26. The summed E-state index contributed by atoms with van der Waals surface area (Å²) in [5, 5.41) is 0.699. The number of rotatable bonds is 4. The van der Waals surface area contributed by atoms with Gasteiger partial charge in [0.25, 0.3) is 0 Å². The summed E-state index contributed by atoms with van der Waals surface area (Å²) < 4.78 is 6.95. The second kappa shape index (κ2) is 6.99. The van der Waals surface area contributed by atoms with Crippen LogP contribution in [0.5, 0.6) is 5.75 Å². The van der Waals surface area contributed by atoms with E-state index < -0.39 is 0 Å². The SMILES string of the molecule is Clc1cc(Br)ccc1-c1ccccc1OCc1ccccc1. The highest BCUT2D eigenvalue weighted by molar-refractivity contribution is 9.10. The third kappa shape index (κ3) is 3.52. The normalized spacial score (nSPS) is 10.5. The molecule has 0 aromatic heterocycles. The maximum atomic E-state index is 6.37. The van der Waals surface area contributed by atoms with Crippen LogP contribution in [0.25, 0.3) is 11.1 Å². The van der Waals surface area contributed by atoms with E-state index in [0.29, 0.717) is 11.6 Å². The third-order valence-corrected chi connectivity index (χ3v) is 4.15. The van der Waals surface area contributed by atoms with E-state index in [2.05, 4.69) is 28.1 Å². The molecule has 3 aromatic carbocycles. The van der Waals surface area contributed by atoms with Crippen molar-refractivity contribution in [2.45, 2.75) is 6.61 Å². The monoisotopic (exact) mass is 372 g/mol. The van der Waals surface area contributed by atoms with Gasteiger partial charge in [-0.25, -0.2) is 0 Å². The van der Waals surface area contributed by atoms with Gasteiger partial charge in [0.2, 0.25) is 0 Å². The lowest BCUT2D eigenvalue weighted by molar-refractivity contribution is 0.307. The van der Waals surface area contributed by atoms with Crippen molar-refractivity contribution in [3.63, 3.8) is 0 Å². The number of para-hydroxylation sites is 1. The molecule has 3 aromatic rings. The Balaban J connectivity index is 1.90. The predicted octanol–water partition coefficient (Wildman–Crippen LogP) is 6.35. The predicted molar refractivity (Wildman–Crippen MR) is 95.4 cm³/mol. The van der Waals surface area contributed by atoms with Gasteiger partial charge in [0.1, 0.15) is 12.4 Å². The average molecular weight is 374 g/mol. The Bertz CT molecular complexity index is 771. The molecule has 0 saturated heterocycles. The second-order valence-corrected chi connectivity index (χ2v) is 6.22. The van der Waals surface area contributed by atoms with Crippen molar-refractivity contribution in [3.8, 4) is 16.9 Å². The molecular weight excluding hydrogens is 360 g/mol. The highest BCUT2D eigenvalue weighted by atomic mass is 79.9. The largest absolute Gasteiger partial charge is 0.488 e. The lowest BCUT2D eigenvalue weighted by atomic mass is 10.0. The molecule has 0 saturated carbocycles. The van der Waals surface area contributed by atoms with E-state index >= 15 is 0 Å². The quantitative estimate of drug-likeness (QED) is 0.518. The van der Waals surface area contributed by atoms with Crippen LogP contribution >= 0.6 is 27.5 Å². The van der Waals surface area contributed by atoms with Crippen molar-refractivity contribution in [2.24, 2.45) is 0 Å². The fraction of sp³-hybridized carbons (Fsp3) is 0.0526. The summed E-state index contributed by atoms with van der Waals surface area (Å²) in [6, 6.07) is 23.9. The smallest absolute Gasteiger partial charge is 0.127 e. The summed E-state index contributed by atoms with van der Waals surface area (Å²) in [6.07, 6.45) is 0. The Morgan fingerprint density at radius 1 is 0.818 bits per heavy atom. The zero-order valence-corrected chi connectivity index (χ0v) is 14.1. The standard InChI is InChI=1S/C19H14BrClO/c20-15-10-11-16(18(21)12-15)17-8-4-5-9-19(17)22-13-14-6-2-1-3-7-14/h1-12H,13H2. The molecule has 1 nitrogen and oxygen atoms in total. The zero-order valence-electron chi connectivity index (χ0n) is 11.8. The van der Waals surface area contributed by atoms with Crippen molar-refractivity contribution in [3.05, 3.63) is 87.9 Å². The Morgan fingerprint density at radius 2 is 1.55 bits per heavy atom. The van der Waals surface area contributed by atoms with Crippen molar-refractivity contribution in [1.29, 1.82) is 0 Å². The van der Waals surface area contributed by atoms with Gasteiger partial charge in [-0.1, -0.05) is 82.1 Å². The molecule has 0 spiro atoms. The lowest BCUT2D eigenvalue weighted by Gasteiger charge is -2.13. The minimum atomic E-state index is 0.534. The van der Waals surface area contributed by atoms with Crippen LogP contribution in [-0.4, -0.2) is 0 Å². The van der Waals surface area contributed by atoms with Gasteiger partial charge >= 0.3 is 0 Å². The maximum absolute atomic E-state index is 6.37. The molecule has 0 radical (unpaired) electrons. The van der Waals surface area contributed by atoms with Crippen LogP contribution in [0.4, 0.5) is 0 Å². The molecule has 0 N–H and O–H groups in total. The Morgan fingerprint density at radius 3 is 2.32 bits per heavy atom. The topological polar surface area (TPSA) is 9.23 Å². The van der Waals surface area contributed by atoms with Gasteiger partial charge in [0.15, 0.2) is 0 Å². The van der Waals surface area contributed by atoms with Crippen molar-refractivity contribution in [1.82, 2.24) is 0 Å². The van der Waals surface area contributed by atoms with Gasteiger partial charge in [0.05, 0.1) is 0 Å². The van der Waals surface area contributed by atoms with E-state index in [4.69, 9.17) is 16.3 Å². The Hall–Kier alpha value is -1.77. The van der Waals surface area contributed by atoms with Gasteiger partial charge in [-0.15, -0.1) is 0 Å². The summed E-state index contributed by atoms with van der Waals surface area (Å²) in [7, 11) is 0. The van der Waals surface area contributed by atoms with E-state index in [1.807, 2.05) is 60.7 Å². The molecule has 0 aliphatic carbocycles. The number of halogens is 2. The highest BCUT2D eigenvalue weighted by Gasteiger charge is 2.10. The first-order valence-corrected chi connectivity index (χ1v) is 8.12. The molecule has 0 atom stereocenters. The molecule has 3 rings (SSSR count). The maximum Gasteiger partial charge on any atom is 0.127 e. The van der Waals surface area contributed by atoms with Crippen LogP contribution in [0, 0.1) is 0 Å². The van der Waals surface area contributed by atoms with Gasteiger partial charge in [0, 0.05) is 20.6 Å². The summed E-state index contributed by atoms with van der Waals surface area (Å²) in [6.45, 7) is 0.534. The minimum Gasteiger partial charge on any atom is -0.488 e. The fourth-order valence-corrected chi connectivity index (χ4v) is 3.03. The minimum absolute atomic E-state index is 0.534. The van der Waals surface area contributed by atoms with E-state index in [1.165, 1.54) is 0 Å². The Labute approximate surface area is 143 Å². The number of benzene rings is 3. The van der Waals surface area contributed by atoms with E-state index in [-0.39, 0.29) is 0 Å². The molecular formula is C19H14BrClO. The van der Waals surface area contributed by atoms with Crippen molar-refractivity contribution < 1.29 is 4.74 Å². The lowest BCUT2D eigenvalue weighted by Crippen LogP contribution is -1.96. The van der Waals surface area contributed by atoms with Crippen LogP contribution in [0.3, 0.4) is 0 Å². The summed E-state index contributed by atoms with van der Waals surface area (Å²) in [5.41, 5.74) is 3.10. The molecule has 3 heteroatoms. The van der Waals surface area contributed by atoms with Crippen LogP contribution in [0.1, 0.15) is 5.56 Å². The summed E-state index contributed by atoms with van der Waals surface area (Å²) in [4.78, 5) is 0. The van der Waals surface area contributed by atoms with Crippen LogP contribution < -0.4 is 4.74 Å². The van der Waals surface area contributed by atoms with Gasteiger partial charge in [-0.2, -0.15) is 0 Å². The second-order valence-electron chi connectivity index (χ2n) is 4.89. The third-order valence-electron chi connectivity index (χ3n) is 3.35. The van der Waals surface area contributed by atoms with E-state index in [0.717, 1.165) is 26.9 Å². The van der Waals surface area contributed by atoms with Gasteiger partial charge in [-0.05, 0) is 23.8 Å². The van der Waals surface area contributed by atoms with Gasteiger partial charge in [-0.3, -0.25) is 0 Å². The molecule has 0 heterocycles. The highest BCUT2D eigenvalue weighted by Crippen LogP contribution is 2.36. The molecule has 110 valence electrons. The number of ether oxygens (including phenoxy) is 1. The molecule has 0 bridgehead atoms. The van der Waals surface area contributed by atoms with Crippen LogP contribution in [0.15, 0.2) is 77.3 Å². The molecule has 0 fully saturated rings. The molecule has 0 unspecified atom stereocenters. The summed E-state index contributed by atoms with van der Waals surface area (Å²) in [5.74, 6) is 0.829. The molecule has 22 heavy (non-hydrogen) atoms. The van der Waals surface area contributed by atoms with E-state index in [1.54, 1.807) is 0 Å². The van der Waals surface area contributed by atoms with E-state index in [9.17, 15) is 0 Å². The van der Waals surface area contributed by atoms with Crippen molar-refractivity contribution in [2.75, 3.05) is 0 Å². The first kappa shape index (κ1) is 15.1. The first-order chi connectivity index (χ1) is 10.7. The molecule has 0 aliphatic heterocycles. The molecule has 0 aliphatic rings. The van der Waals surface area contributed by atoms with Crippen LogP contribution in [-0.2, 0) is 6.61 Å². The van der Waals surface area contributed by atoms with Crippen LogP contribution in [0.2, 0.25) is 5.02 Å². The van der Waals surface area contributed by atoms with Gasteiger partial charge < -0.3 is 4.74 Å².